The second kappa shape index (κ2) is 7.60. The molecule has 1 unspecified atom stereocenters. The minimum Gasteiger partial charge on any atom is -0.366 e. The Bertz CT molecular complexity index is 578. The fourth-order valence-corrected chi connectivity index (χ4v) is 4.41. The molecule has 2 aliphatic carbocycles. The first-order chi connectivity index (χ1) is 11.6. The molecule has 2 aliphatic rings. The molecule has 3 heteroatoms. The maximum atomic E-state index is 13.1. The number of ketones is 2. The highest BCUT2D eigenvalue weighted by atomic mass is 16.5. The predicted octanol–water partition coefficient (Wildman–Crippen LogP) is 4.19. The summed E-state index contributed by atoms with van der Waals surface area (Å²) in [5.74, 6) is 1.19. The molecule has 0 spiro atoms. The second-order valence-corrected chi connectivity index (χ2v) is 7.79. The van der Waals surface area contributed by atoms with E-state index in [1.165, 1.54) is 0 Å². The normalized spacial score (nSPS) is 27.5. The van der Waals surface area contributed by atoms with Gasteiger partial charge in [0.1, 0.15) is 11.9 Å². The first kappa shape index (κ1) is 17.3. The van der Waals surface area contributed by atoms with Crippen molar-refractivity contribution in [3.05, 3.63) is 35.9 Å². The van der Waals surface area contributed by atoms with Crippen LogP contribution >= 0.6 is 0 Å². The third-order valence-electron chi connectivity index (χ3n) is 5.59. The van der Waals surface area contributed by atoms with Crippen LogP contribution in [0, 0.1) is 23.7 Å². The Balaban J connectivity index is 1.68. The molecule has 0 N–H and O–H groups in total. The van der Waals surface area contributed by atoms with Gasteiger partial charge in [-0.3, -0.25) is 9.59 Å². The molecule has 2 fully saturated rings. The van der Waals surface area contributed by atoms with E-state index in [9.17, 15) is 9.59 Å². The molecule has 4 atom stereocenters. The van der Waals surface area contributed by atoms with Gasteiger partial charge in [-0.15, -0.1) is 0 Å². The number of carbonyl (C=O) groups is 2. The van der Waals surface area contributed by atoms with E-state index in [2.05, 4.69) is 13.8 Å². The van der Waals surface area contributed by atoms with E-state index in [0.29, 0.717) is 30.6 Å². The van der Waals surface area contributed by atoms with Crippen LogP contribution < -0.4 is 0 Å². The summed E-state index contributed by atoms with van der Waals surface area (Å²) in [6.07, 6.45) is 3.88. The minimum atomic E-state index is -0.387. The molecular formula is C21H28O3. The van der Waals surface area contributed by atoms with Crippen LogP contribution in [0.2, 0.25) is 0 Å². The summed E-state index contributed by atoms with van der Waals surface area (Å²) < 4.78 is 6.04. The van der Waals surface area contributed by atoms with Crippen LogP contribution in [-0.4, -0.2) is 17.7 Å². The molecule has 24 heavy (non-hydrogen) atoms. The van der Waals surface area contributed by atoms with Crippen molar-refractivity contribution in [3.8, 4) is 0 Å². The fourth-order valence-electron chi connectivity index (χ4n) is 4.41. The molecular weight excluding hydrogens is 300 g/mol. The van der Waals surface area contributed by atoms with Gasteiger partial charge in [0, 0.05) is 18.3 Å². The topological polar surface area (TPSA) is 43.4 Å². The zero-order valence-electron chi connectivity index (χ0n) is 14.7. The Labute approximate surface area is 144 Å². The highest BCUT2D eigenvalue weighted by molar-refractivity contribution is 5.93. The average Bonchev–Trinajstić information content (AvgIpc) is 3.15. The Morgan fingerprint density at radius 3 is 2.62 bits per heavy atom. The third-order valence-corrected chi connectivity index (χ3v) is 5.59. The van der Waals surface area contributed by atoms with Crippen LogP contribution in [0.1, 0.15) is 51.5 Å². The zero-order chi connectivity index (χ0) is 17.1. The van der Waals surface area contributed by atoms with E-state index in [1.807, 2.05) is 30.3 Å². The maximum absolute atomic E-state index is 13.1. The Morgan fingerprint density at radius 1 is 1.17 bits per heavy atom. The summed E-state index contributed by atoms with van der Waals surface area (Å²) in [5, 5.41) is 0. The van der Waals surface area contributed by atoms with Crippen molar-refractivity contribution < 1.29 is 14.3 Å². The average molecular weight is 328 g/mol. The molecule has 3 rings (SSSR count). The summed E-state index contributed by atoms with van der Waals surface area (Å²) in [5.41, 5.74) is 1.08. The number of rotatable bonds is 7. The molecule has 0 aromatic heterocycles. The SMILES string of the molecule is CC(C)C[C@H](OCc1ccccc1)C(=O)C1CC[C@H]2CCC(=O)[C@@H]12. The van der Waals surface area contributed by atoms with Crippen molar-refractivity contribution >= 4 is 11.6 Å². The number of benzene rings is 1. The van der Waals surface area contributed by atoms with E-state index in [-0.39, 0.29) is 23.7 Å². The molecule has 0 heterocycles. The standard InChI is InChI=1S/C21H28O3/c1-14(2)12-19(24-13-15-6-4-3-5-7-15)21(23)17-10-8-16-9-11-18(22)20(16)17/h3-7,14,16-17,19-20H,8-13H2,1-2H3/t16-,17?,19-,20+/m0/s1. The Kier molecular flexibility index (Phi) is 5.50. The molecule has 0 radical (unpaired) electrons. The number of fused-ring (bicyclic) bond motifs is 1. The summed E-state index contributed by atoms with van der Waals surface area (Å²) in [6, 6.07) is 9.98. The van der Waals surface area contributed by atoms with E-state index in [0.717, 1.165) is 31.2 Å². The first-order valence-corrected chi connectivity index (χ1v) is 9.28. The lowest BCUT2D eigenvalue weighted by Gasteiger charge is -2.24. The van der Waals surface area contributed by atoms with Crippen molar-refractivity contribution in [3.63, 3.8) is 0 Å². The number of hydrogen-bond acceptors (Lipinski definition) is 3. The van der Waals surface area contributed by atoms with E-state index < -0.39 is 0 Å². The van der Waals surface area contributed by atoms with Gasteiger partial charge in [0.15, 0.2) is 5.78 Å². The van der Waals surface area contributed by atoms with E-state index in [4.69, 9.17) is 4.74 Å². The minimum absolute atomic E-state index is 0.0208. The highest BCUT2D eigenvalue weighted by Crippen LogP contribution is 2.46. The van der Waals surface area contributed by atoms with Gasteiger partial charge in [-0.25, -0.2) is 0 Å². The monoisotopic (exact) mass is 328 g/mol. The molecule has 0 saturated heterocycles. The number of ether oxygens (including phenoxy) is 1. The van der Waals surface area contributed by atoms with Crippen LogP contribution in [0.5, 0.6) is 0 Å². The lowest BCUT2D eigenvalue weighted by Crippen LogP contribution is -2.35. The van der Waals surface area contributed by atoms with Crippen molar-refractivity contribution in [2.75, 3.05) is 0 Å². The van der Waals surface area contributed by atoms with Crippen molar-refractivity contribution in [2.24, 2.45) is 23.7 Å². The predicted molar refractivity (Wildman–Crippen MR) is 93.4 cm³/mol. The fraction of sp³-hybridized carbons (Fsp3) is 0.619. The van der Waals surface area contributed by atoms with Gasteiger partial charge in [-0.1, -0.05) is 44.2 Å². The van der Waals surface area contributed by atoms with Crippen LogP contribution in [-0.2, 0) is 20.9 Å². The van der Waals surface area contributed by atoms with E-state index in [1.54, 1.807) is 0 Å². The number of carbonyl (C=O) groups excluding carboxylic acids is 2. The molecule has 0 aliphatic heterocycles. The maximum Gasteiger partial charge on any atom is 0.165 e. The quantitative estimate of drug-likeness (QED) is 0.753. The first-order valence-electron chi connectivity index (χ1n) is 9.28. The molecule has 0 bridgehead atoms. The molecule has 0 amide bonds. The van der Waals surface area contributed by atoms with Crippen molar-refractivity contribution in [2.45, 2.75) is 58.7 Å². The number of Topliss-reactive ketones (excluding diaryl/α,β-unsaturated/α-hetero) is 2. The van der Waals surface area contributed by atoms with Crippen LogP contribution in [0.4, 0.5) is 0 Å². The van der Waals surface area contributed by atoms with Crippen molar-refractivity contribution in [1.29, 1.82) is 0 Å². The summed E-state index contributed by atoms with van der Waals surface area (Å²) in [4.78, 5) is 25.3. The summed E-state index contributed by atoms with van der Waals surface area (Å²) in [6.45, 7) is 4.69. The summed E-state index contributed by atoms with van der Waals surface area (Å²) in [7, 11) is 0. The van der Waals surface area contributed by atoms with E-state index >= 15 is 0 Å². The Morgan fingerprint density at radius 2 is 1.92 bits per heavy atom. The van der Waals surface area contributed by atoms with Crippen molar-refractivity contribution in [1.82, 2.24) is 0 Å². The van der Waals surface area contributed by atoms with Crippen LogP contribution in [0.25, 0.3) is 0 Å². The molecule has 130 valence electrons. The molecule has 1 aromatic rings. The van der Waals surface area contributed by atoms with Gasteiger partial charge >= 0.3 is 0 Å². The number of hydrogen-bond donors (Lipinski definition) is 0. The lowest BCUT2D eigenvalue weighted by molar-refractivity contribution is -0.140. The lowest BCUT2D eigenvalue weighted by atomic mass is 9.84. The van der Waals surface area contributed by atoms with Crippen LogP contribution in [0.15, 0.2) is 30.3 Å². The largest absolute Gasteiger partial charge is 0.366 e. The smallest absolute Gasteiger partial charge is 0.165 e. The summed E-state index contributed by atoms with van der Waals surface area (Å²) >= 11 is 0. The highest BCUT2D eigenvalue weighted by Gasteiger charge is 2.48. The van der Waals surface area contributed by atoms with Crippen LogP contribution in [0.3, 0.4) is 0 Å². The van der Waals surface area contributed by atoms with Gasteiger partial charge in [0.25, 0.3) is 0 Å². The molecule has 2 saturated carbocycles. The third kappa shape index (κ3) is 3.77. The van der Waals surface area contributed by atoms with Gasteiger partial charge in [0.2, 0.25) is 0 Å². The van der Waals surface area contributed by atoms with Gasteiger partial charge in [-0.05, 0) is 43.1 Å². The Hall–Kier alpha value is -1.48. The van der Waals surface area contributed by atoms with Gasteiger partial charge in [-0.2, -0.15) is 0 Å². The second-order valence-electron chi connectivity index (χ2n) is 7.79. The molecule has 3 nitrogen and oxygen atoms in total. The molecule has 1 aromatic carbocycles. The van der Waals surface area contributed by atoms with Gasteiger partial charge in [0.05, 0.1) is 6.61 Å². The zero-order valence-corrected chi connectivity index (χ0v) is 14.7. The van der Waals surface area contributed by atoms with Gasteiger partial charge < -0.3 is 4.74 Å².